The second-order valence-electron chi connectivity index (χ2n) is 7.69. The van der Waals surface area contributed by atoms with Gasteiger partial charge in [-0.2, -0.15) is 0 Å². The Morgan fingerprint density at radius 3 is 2.35 bits per heavy atom. The minimum Gasteiger partial charge on any atom is -0.468 e. The fourth-order valence-electron chi connectivity index (χ4n) is 4.17. The molecular formula is C25H30N2O4. The van der Waals surface area contributed by atoms with Crippen LogP contribution in [-0.2, 0) is 25.6 Å². The van der Waals surface area contributed by atoms with Gasteiger partial charge in [0.1, 0.15) is 0 Å². The van der Waals surface area contributed by atoms with Gasteiger partial charge >= 0.3 is 11.9 Å². The second kappa shape index (κ2) is 10.8. The molecule has 2 heterocycles. The molecule has 0 aliphatic heterocycles. The lowest BCUT2D eigenvalue weighted by atomic mass is 10.0. The van der Waals surface area contributed by atoms with Crippen LogP contribution in [0.15, 0.2) is 48.8 Å². The maximum atomic E-state index is 11.8. The number of benzene rings is 1. The highest BCUT2D eigenvalue weighted by Crippen LogP contribution is 2.33. The molecule has 164 valence electrons. The minimum absolute atomic E-state index is 0.450. The first-order chi connectivity index (χ1) is 15.1. The van der Waals surface area contributed by atoms with E-state index >= 15 is 0 Å². The van der Waals surface area contributed by atoms with Crippen molar-refractivity contribution >= 4 is 22.8 Å². The molecule has 0 unspecified atom stereocenters. The lowest BCUT2D eigenvalue weighted by Crippen LogP contribution is -2.26. The van der Waals surface area contributed by atoms with Gasteiger partial charge in [0.25, 0.3) is 0 Å². The van der Waals surface area contributed by atoms with Crippen LogP contribution in [0.1, 0.15) is 37.7 Å². The van der Waals surface area contributed by atoms with Crippen molar-refractivity contribution in [3.05, 3.63) is 54.4 Å². The maximum absolute atomic E-state index is 11.8. The van der Waals surface area contributed by atoms with E-state index < -0.39 is 17.9 Å². The summed E-state index contributed by atoms with van der Waals surface area (Å²) in [6.07, 6.45) is 7.88. The first kappa shape index (κ1) is 22.5. The average molecular weight is 423 g/mol. The van der Waals surface area contributed by atoms with Crippen LogP contribution >= 0.6 is 0 Å². The molecule has 3 aromatic rings. The first-order valence-corrected chi connectivity index (χ1v) is 10.7. The number of nitrogens with zero attached hydrogens (tertiary/aromatic N) is 2. The van der Waals surface area contributed by atoms with Crippen molar-refractivity contribution in [3.63, 3.8) is 0 Å². The Labute approximate surface area is 183 Å². The third-order valence-electron chi connectivity index (χ3n) is 5.75. The van der Waals surface area contributed by atoms with Crippen molar-refractivity contribution < 1.29 is 19.1 Å². The van der Waals surface area contributed by atoms with Gasteiger partial charge in [0.05, 0.1) is 19.9 Å². The fourth-order valence-corrected chi connectivity index (χ4v) is 4.17. The molecule has 31 heavy (non-hydrogen) atoms. The zero-order valence-electron chi connectivity index (χ0n) is 18.5. The molecule has 6 heteroatoms. The zero-order chi connectivity index (χ0) is 22.2. The lowest BCUT2D eigenvalue weighted by molar-refractivity contribution is -0.159. The number of aryl methyl sites for hydroxylation is 2. The van der Waals surface area contributed by atoms with Crippen LogP contribution < -0.4 is 0 Å². The number of pyridine rings is 1. The van der Waals surface area contributed by atoms with Crippen LogP contribution in [0, 0.1) is 12.8 Å². The summed E-state index contributed by atoms with van der Waals surface area (Å²) in [4.78, 5) is 27.9. The number of hydrogen-bond donors (Lipinski definition) is 0. The number of para-hydroxylation sites is 1. The Balaban J connectivity index is 1.64. The van der Waals surface area contributed by atoms with E-state index in [9.17, 15) is 9.59 Å². The van der Waals surface area contributed by atoms with Crippen LogP contribution in [0.4, 0.5) is 0 Å². The van der Waals surface area contributed by atoms with Gasteiger partial charge in [-0.1, -0.05) is 37.5 Å². The fraction of sp³-hybridized carbons (Fsp3) is 0.400. The molecule has 0 amide bonds. The number of aromatic nitrogens is 2. The monoisotopic (exact) mass is 422 g/mol. The molecule has 0 atom stereocenters. The Morgan fingerprint density at radius 2 is 1.68 bits per heavy atom. The number of esters is 2. The molecule has 3 rings (SSSR count). The van der Waals surface area contributed by atoms with E-state index in [0.717, 1.165) is 37.8 Å². The summed E-state index contributed by atoms with van der Waals surface area (Å²) in [7, 11) is 2.59. The number of hydrogen-bond acceptors (Lipinski definition) is 5. The quantitative estimate of drug-likeness (QED) is 0.263. The number of fused-ring (bicyclic) bond motifs is 1. The van der Waals surface area contributed by atoms with Crippen LogP contribution in [0.25, 0.3) is 22.2 Å². The average Bonchev–Trinajstić information content (AvgIpc) is 3.10. The van der Waals surface area contributed by atoms with E-state index in [4.69, 9.17) is 9.47 Å². The highest BCUT2D eigenvalue weighted by Gasteiger charge is 2.27. The summed E-state index contributed by atoms with van der Waals surface area (Å²) in [6, 6.07) is 12.6. The third kappa shape index (κ3) is 5.13. The lowest BCUT2D eigenvalue weighted by Gasteiger charge is -2.13. The Kier molecular flexibility index (Phi) is 7.82. The van der Waals surface area contributed by atoms with Gasteiger partial charge < -0.3 is 14.0 Å². The van der Waals surface area contributed by atoms with E-state index in [2.05, 4.69) is 46.8 Å². The highest BCUT2D eigenvalue weighted by atomic mass is 16.5. The summed E-state index contributed by atoms with van der Waals surface area (Å²) in [5, 5.41) is 1.26. The Bertz CT molecular complexity index is 1010. The van der Waals surface area contributed by atoms with Crippen LogP contribution in [0.3, 0.4) is 0 Å². The number of methoxy groups -OCH3 is 2. The molecule has 0 aliphatic rings. The van der Waals surface area contributed by atoms with E-state index in [1.807, 2.05) is 12.3 Å². The zero-order valence-corrected chi connectivity index (χ0v) is 18.5. The van der Waals surface area contributed by atoms with Gasteiger partial charge in [0.2, 0.25) is 0 Å². The smallest absolute Gasteiger partial charge is 0.320 e. The van der Waals surface area contributed by atoms with Crippen molar-refractivity contribution in [2.75, 3.05) is 14.2 Å². The Morgan fingerprint density at radius 1 is 0.968 bits per heavy atom. The number of unbranched alkanes of at least 4 members (excludes halogenated alkanes) is 3. The molecule has 0 aliphatic carbocycles. The van der Waals surface area contributed by atoms with Gasteiger partial charge in [-0.3, -0.25) is 14.6 Å². The van der Waals surface area contributed by atoms with Crippen molar-refractivity contribution in [1.29, 1.82) is 0 Å². The van der Waals surface area contributed by atoms with Gasteiger partial charge in [-0.05, 0) is 43.5 Å². The van der Waals surface area contributed by atoms with Crippen molar-refractivity contribution in [2.24, 2.45) is 5.92 Å². The maximum Gasteiger partial charge on any atom is 0.320 e. The van der Waals surface area contributed by atoms with Crippen molar-refractivity contribution in [3.8, 4) is 11.3 Å². The number of rotatable bonds is 10. The van der Waals surface area contributed by atoms with Gasteiger partial charge in [-0.15, -0.1) is 0 Å². The van der Waals surface area contributed by atoms with Gasteiger partial charge in [-0.25, -0.2) is 0 Å². The van der Waals surface area contributed by atoms with E-state index in [1.165, 1.54) is 36.4 Å². The number of carbonyl (C=O) groups is 2. The molecule has 0 bridgehead atoms. The molecule has 2 aromatic heterocycles. The van der Waals surface area contributed by atoms with Crippen LogP contribution in [0.5, 0.6) is 0 Å². The molecular weight excluding hydrogens is 392 g/mol. The number of carbonyl (C=O) groups excluding carboxylic acids is 2. The van der Waals surface area contributed by atoms with Crippen LogP contribution in [0.2, 0.25) is 0 Å². The summed E-state index contributed by atoms with van der Waals surface area (Å²) < 4.78 is 11.8. The molecule has 6 nitrogen and oxygen atoms in total. The largest absolute Gasteiger partial charge is 0.468 e. The van der Waals surface area contributed by atoms with Crippen LogP contribution in [-0.4, -0.2) is 35.7 Å². The normalized spacial score (nSPS) is 11.1. The molecule has 0 fully saturated rings. The van der Waals surface area contributed by atoms with Gasteiger partial charge in [0.15, 0.2) is 5.92 Å². The first-order valence-electron chi connectivity index (χ1n) is 10.7. The van der Waals surface area contributed by atoms with E-state index in [0.29, 0.717) is 6.42 Å². The van der Waals surface area contributed by atoms with E-state index in [1.54, 1.807) is 6.20 Å². The minimum atomic E-state index is -0.830. The molecule has 0 saturated carbocycles. The molecule has 0 spiro atoms. The van der Waals surface area contributed by atoms with Crippen molar-refractivity contribution in [2.45, 2.75) is 45.6 Å². The van der Waals surface area contributed by atoms with Gasteiger partial charge in [0, 0.05) is 35.4 Å². The third-order valence-corrected chi connectivity index (χ3v) is 5.75. The van der Waals surface area contributed by atoms with E-state index in [-0.39, 0.29) is 0 Å². The molecule has 0 N–H and O–H groups in total. The topological polar surface area (TPSA) is 70.4 Å². The predicted octanol–water partition coefficient (Wildman–Crippen LogP) is 4.92. The summed E-state index contributed by atoms with van der Waals surface area (Å²) >= 11 is 0. The molecule has 0 saturated heterocycles. The SMILES string of the molecule is COC(=O)C(CCCCCCn1c(-c2cccnc2)c(C)c2ccccc21)C(=O)OC. The molecule has 1 aromatic carbocycles. The number of ether oxygens (including phenoxy) is 2. The highest BCUT2D eigenvalue weighted by molar-refractivity contribution is 5.94. The standard InChI is InChI=1S/C25H30N2O4/c1-18-20-12-7-8-14-22(20)27(23(18)19-11-10-15-26-17-19)16-9-5-4-6-13-21(24(28)30-2)25(29)31-3/h7-8,10-12,14-15,17,21H,4-6,9,13,16H2,1-3H3. The van der Waals surface area contributed by atoms with Crippen molar-refractivity contribution in [1.82, 2.24) is 9.55 Å². The summed E-state index contributed by atoms with van der Waals surface area (Å²) in [5.41, 5.74) is 4.83. The summed E-state index contributed by atoms with van der Waals surface area (Å²) in [6.45, 7) is 3.07. The second-order valence-corrected chi connectivity index (χ2v) is 7.69. The predicted molar refractivity (Wildman–Crippen MR) is 121 cm³/mol. The Hall–Kier alpha value is -3.15. The summed E-state index contributed by atoms with van der Waals surface area (Å²) in [5.74, 6) is -1.88. The molecule has 0 radical (unpaired) electrons.